The van der Waals surface area contributed by atoms with Crippen LogP contribution < -0.4 is 0 Å². The zero-order valence-electron chi connectivity index (χ0n) is 11.2. The average Bonchev–Trinajstić information content (AvgIpc) is 2.45. The molecular weight excluding hydrogens is 254 g/mol. The SMILES string of the molecule is C=CCN(C=C(C(=O)O)C(=O)c1ccccc1)CC=C. The first-order chi connectivity index (χ1) is 9.60. The number of nitrogens with zero attached hydrogens (tertiary/aromatic N) is 1. The van der Waals surface area contributed by atoms with E-state index >= 15 is 0 Å². The van der Waals surface area contributed by atoms with Crippen LogP contribution >= 0.6 is 0 Å². The predicted molar refractivity (Wildman–Crippen MR) is 78.5 cm³/mol. The Kier molecular flexibility index (Phi) is 5.97. The van der Waals surface area contributed by atoms with E-state index in [1.54, 1.807) is 47.4 Å². The van der Waals surface area contributed by atoms with E-state index in [1.165, 1.54) is 6.20 Å². The Morgan fingerprint density at radius 3 is 2.10 bits per heavy atom. The van der Waals surface area contributed by atoms with E-state index in [9.17, 15) is 14.7 Å². The molecule has 0 unspecified atom stereocenters. The van der Waals surface area contributed by atoms with Gasteiger partial charge in [0.2, 0.25) is 5.78 Å². The van der Waals surface area contributed by atoms with E-state index in [0.717, 1.165) is 0 Å². The number of Topliss-reactive ketones (excluding diaryl/α,β-unsaturated/α-hetero) is 1. The number of carbonyl (C=O) groups is 2. The number of benzene rings is 1. The fraction of sp³-hybridized carbons (Fsp3) is 0.125. The number of rotatable bonds is 8. The average molecular weight is 271 g/mol. The molecule has 0 aliphatic rings. The molecule has 4 heteroatoms. The molecule has 0 saturated heterocycles. The van der Waals surface area contributed by atoms with Crippen molar-refractivity contribution in [2.45, 2.75) is 0 Å². The molecule has 20 heavy (non-hydrogen) atoms. The van der Waals surface area contributed by atoms with Gasteiger partial charge in [0.25, 0.3) is 0 Å². The first-order valence-electron chi connectivity index (χ1n) is 6.10. The molecule has 0 bridgehead atoms. The minimum atomic E-state index is -1.25. The molecule has 1 rings (SSSR count). The summed E-state index contributed by atoms with van der Waals surface area (Å²) < 4.78 is 0. The van der Waals surface area contributed by atoms with Crippen LogP contribution in [-0.2, 0) is 4.79 Å². The summed E-state index contributed by atoms with van der Waals surface area (Å²) in [5, 5.41) is 9.22. The molecule has 0 aliphatic carbocycles. The van der Waals surface area contributed by atoms with Crippen molar-refractivity contribution in [3.63, 3.8) is 0 Å². The molecule has 0 spiro atoms. The lowest BCUT2D eigenvalue weighted by Gasteiger charge is -2.17. The van der Waals surface area contributed by atoms with Gasteiger partial charge in [0.05, 0.1) is 0 Å². The van der Waals surface area contributed by atoms with Gasteiger partial charge in [-0.15, -0.1) is 13.2 Å². The van der Waals surface area contributed by atoms with Crippen molar-refractivity contribution in [3.05, 3.63) is 73.0 Å². The third kappa shape index (κ3) is 4.24. The Labute approximate surface area is 118 Å². The smallest absolute Gasteiger partial charge is 0.341 e. The van der Waals surface area contributed by atoms with Gasteiger partial charge in [-0.05, 0) is 0 Å². The highest BCUT2D eigenvalue weighted by molar-refractivity contribution is 6.23. The standard InChI is InChI=1S/C16H17NO3/c1-3-10-17(11-4-2)12-14(16(19)20)15(18)13-8-6-5-7-9-13/h3-9,12H,1-2,10-11H2,(H,19,20). The van der Waals surface area contributed by atoms with E-state index in [1.807, 2.05) is 0 Å². The zero-order valence-corrected chi connectivity index (χ0v) is 11.2. The van der Waals surface area contributed by atoms with E-state index in [4.69, 9.17) is 0 Å². The van der Waals surface area contributed by atoms with Gasteiger partial charge in [-0.1, -0.05) is 42.5 Å². The molecule has 1 N–H and O–H groups in total. The molecule has 104 valence electrons. The third-order valence-corrected chi connectivity index (χ3v) is 2.55. The molecule has 1 aromatic carbocycles. The van der Waals surface area contributed by atoms with E-state index in [-0.39, 0.29) is 5.57 Å². The van der Waals surface area contributed by atoms with Crippen LogP contribution in [0.25, 0.3) is 0 Å². The molecule has 0 atom stereocenters. The summed E-state index contributed by atoms with van der Waals surface area (Å²) in [7, 11) is 0. The zero-order chi connectivity index (χ0) is 15.0. The van der Waals surface area contributed by atoms with Gasteiger partial charge in [0.1, 0.15) is 5.57 Å². The number of ketones is 1. The summed E-state index contributed by atoms with van der Waals surface area (Å²) >= 11 is 0. The topological polar surface area (TPSA) is 57.6 Å². The van der Waals surface area contributed by atoms with Crippen molar-refractivity contribution in [2.75, 3.05) is 13.1 Å². The second-order valence-electron chi connectivity index (χ2n) is 4.07. The summed E-state index contributed by atoms with van der Waals surface area (Å²) in [6.45, 7) is 8.07. The van der Waals surface area contributed by atoms with Gasteiger partial charge in [0.15, 0.2) is 0 Å². The van der Waals surface area contributed by atoms with Crippen molar-refractivity contribution < 1.29 is 14.7 Å². The summed E-state index contributed by atoms with van der Waals surface area (Å²) in [4.78, 5) is 25.2. The number of hydrogen-bond donors (Lipinski definition) is 1. The quantitative estimate of drug-likeness (QED) is 0.259. The monoisotopic (exact) mass is 271 g/mol. The number of carboxylic acids is 1. The van der Waals surface area contributed by atoms with Crippen molar-refractivity contribution in [1.29, 1.82) is 0 Å². The summed E-state index contributed by atoms with van der Waals surface area (Å²) in [5.41, 5.74) is 0.0678. The van der Waals surface area contributed by atoms with Gasteiger partial charge in [0, 0.05) is 24.9 Å². The lowest BCUT2D eigenvalue weighted by atomic mass is 10.0. The van der Waals surface area contributed by atoms with Crippen LogP contribution in [0.15, 0.2) is 67.4 Å². The van der Waals surface area contributed by atoms with Crippen LogP contribution in [0.3, 0.4) is 0 Å². The van der Waals surface area contributed by atoms with Crippen molar-refractivity contribution >= 4 is 11.8 Å². The summed E-state index contributed by atoms with van der Waals surface area (Å²) in [6, 6.07) is 8.33. The van der Waals surface area contributed by atoms with E-state index < -0.39 is 11.8 Å². The molecule has 0 radical (unpaired) electrons. The lowest BCUT2D eigenvalue weighted by molar-refractivity contribution is -0.132. The van der Waals surface area contributed by atoms with Gasteiger partial charge in [-0.25, -0.2) is 4.79 Å². The second kappa shape index (κ2) is 7.74. The maximum Gasteiger partial charge on any atom is 0.341 e. The highest BCUT2D eigenvalue weighted by Crippen LogP contribution is 2.10. The van der Waals surface area contributed by atoms with Crippen LogP contribution in [0.1, 0.15) is 10.4 Å². The molecule has 1 aromatic rings. The summed E-state index contributed by atoms with van der Waals surface area (Å²) in [5.74, 6) is -1.77. The number of carbonyl (C=O) groups excluding carboxylic acids is 1. The first-order valence-corrected chi connectivity index (χ1v) is 6.10. The molecule has 0 fully saturated rings. The van der Waals surface area contributed by atoms with E-state index in [2.05, 4.69) is 13.2 Å². The fourth-order valence-electron chi connectivity index (χ4n) is 1.65. The van der Waals surface area contributed by atoms with Crippen LogP contribution in [0.2, 0.25) is 0 Å². The minimum Gasteiger partial charge on any atom is -0.477 e. The van der Waals surface area contributed by atoms with Crippen LogP contribution in [-0.4, -0.2) is 34.8 Å². The van der Waals surface area contributed by atoms with Gasteiger partial charge >= 0.3 is 5.97 Å². The highest BCUT2D eigenvalue weighted by atomic mass is 16.4. The largest absolute Gasteiger partial charge is 0.477 e. The van der Waals surface area contributed by atoms with Crippen LogP contribution in [0, 0.1) is 0 Å². The Bertz CT molecular complexity index is 522. The van der Waals surface area contributed by atoms with Crippen molar-refractivity contribution in [1.82, 2.24) is 4.90 Å². The Morgan fingerprint density at radius 1 is 1.10 bits per heavy atom. The Hall–Kier alpha value is -2.62. The molecular formula is C16H17NO3. The van der Waals surface area contributed by atoms with Gasteiger partial charge in [-0.2, -0.15) is 0 Å². The number of aliphatic carboxylic acids is 1. The molecule has 0 amide bonds. The minimum absolute atomic E-state index is 0.278. The number of hydrogen-bond acceptors (Lipinski definition) is 3. The number of carboxylic acid groups (broad SMARTS) is 1. The third-order valence-electron chi connectivity index (χ3n) is 2.55. The van der Waals surface area contributed by atoms with Crippen molar-refractivity contribution in [2.24, 2.45) is 0 Å². The predicted octanol–water partition coefficient (Wildman–Crippen LogP) is 2.51. The van der Waals surface area contributed by atoms with Crippen LogP contribution in [0.5, 0.6) is 0 Å². The van der Waals surface area contributed by atoms with E-state index in [0.29, 0.717) is 18.7 Å². The Morgan fingerprint density at radius 2 is 1.65 bits per heavy atom. The molecule has 0 aromatic heterocycles. The first kappa shape index (κ1) is 15.4. The van der Waals surface area contributed by atoms with Gasteiger partial charge in [-0.3, -0.25) is 4.79 Å². The molecule has 4 nitrogen and oxygen atoms in total. The lowest BCUT2D eigenvalue weighted by Crippen LogP contribution is -2.22. The maximum absolute atomic E-state index is 12.2. The highest BCUT2D eigenvalue weighted by Gasteiger charge is 2.19. The molecule has 0 aliphatic heterocycles. The van der Waals surface area contributed by atoms with Gasteiger partial charge < -0.3 is 10.0 Å². The molecule has 0 saturated carbocycles. The normalized spacial score (nSPS) is 10.7. The van der Waals surface area contributed by atoms with Crippen LogP contribution in [0.4, 0.5) is 0 Å². The fourth-order valence-corrected chi connectivity index (χ4v) is 1.65. The Balaban J connectivity index is 3.09. The maximum atomic E-state index is 12.2. The van der Waals surface area contributed by atoms with Crippen molar-refractivity contribution in [3.8, 4) is 0 Å². The molecule has 0 heterocycles. The summed E-state index contributed by atoms with van der Waals surface area (Å²) in [6.07, 6.45) is 4.60. The second-order valence-corrected chi connectivity index (χ2v) is 4.07.